The zero-order valence-corrected chi connectivity index (χ0v) is 8.25. The van der Waals surface area contributed by atoms with Gasteiger partial charge in [-0.3, -0.25) is 4.68 Å². The third kappa shape index (κ3) is 3.07. The number of nitriles is 1. The minimum absolute atomic E-state index is 0.0134. The summed E-state index contributed by atoms with van der Waals surface area (Å²) in [4.78, 5) is 11.0. The van der Waals surface area contributed by atoms with E-state index in [1.54, 1.807) is 6.92 Å². The monoisotopic (exact) mass is 209 g/mol. The van der Waals surface area contributed by atoms with Crippen LogP contribution >= 0.6 is 0 Å². The number of aromatic nitrogens is 2. The Kier molecular flexibility index (Phi) is 3.83. The maximum atomic E-state index is 11.0. The molecule has 15 heavy (non-hydrogen) atoms. The Balaban J connectivity index is 2.55. The van der Waals surface area contributed by atoms with E-state index in [-0.39, 0.29) is 13.2 Å². The fourth-order valence-corrected chi connectivity index (χ4v) is 1.01. The zero-order valence-electron chi connectivity index (χ0n) is 8.25. The van der Waals surface area contributed by atoms with Crippen molar-refractivity contribution in [2.24, 2.45) is 0 Å². The lowest BCUT2D eigenvalue weighted by molar-refractivity contribution is -0.153. The standard InChI is InChI=1S/C9H11N3O3/c1-2-15-9(14)8(13)6-12-5-7(3-10)4-11-12/h4-5,8,13H,2,6H2,1H3/t8-/m1/s1. The summed E-state index contributed by atoms with van der Waals surface area (Å²) in [6, 6.07) is 1.89. The van der Waals surface area contributed by atoms with Gasteiger partial charge in [-0.2, -0.15) is 10.4 Å². The molecule has 0 radical (unpaired) electrons. The molecule has 0 unspecified atom stereocenters. The van der Waals surface area contributed by atoms with Crippen molar-refractivity contribution in [1.29, 1.82) is 5.26 Å². The molecule has 80 valence electrons. The Bertz CT molecular complexity index is 380. The van der Waals surface area contributed by atoms with Crippen LogP contribution in [0.15, 0.2) is 12.4 Å². The van der Waals surface area contributed by atoms with Crippen LogP contribution in [0.4, 0.5) is 0 Å². The van der Waals surface area contributed by atoms with Gasteiger partial charge in [0.25, 0.3) is 0 Å². The third-order valence-electron chi connectivity index (χ3n) is 1.68. The molecule has 0 aliphatic carbocycles. The second-order valence-electron chi connectivity index (χ2n) is 2.83. The van der Waals surface area contributed by atoms with E-state index in [1.807, 2.05) is 6.07 Å². The molecule has 6 heteroatoms. The number of hydrogen-bond acceptors (Lipinski definition) is 5. The lowest BCUT2D eigenvalue weighted by atomic mass is 10.3. The number of aliphatic hydroxyl groups is 1. The van der Waals surface area contributed by atoms with Gasteiger partial charge in [0, 0.05) is 6.20 Å². The number of rotatable bonds is 4. The van der Waals surface area contributed by atoms with E-state index in [0.29, 0.717) is 5.56 Å². The molecule has 0 amide bonds. The summed E-state index contributed by atoms with van der Waals surface area (Å²) in [5, 5.41) is 21.7. The SMILES string of the molecule is CCOC(=O)[C@H](O)Cn1cc(C#N)cn1. The van der Waals surface area contributed by atoms with Crippen molar-refractivity contribution in [2.45, 2.75) is 19.6 Å². The highest BCUT2D eigenvalue weighted by atomic mass is 16.5. The molecule has 6 nitrogen and oxygen atoms in total. The lowest BCUT2D eigenvalue weighted by Crippen LogP contribution is -2.28. The first-order valence-electron chi connectivity index (χ1n) is 4.44. The molecule has 1 aromatic rings. The predicted molar refractivity (Wildman–Crippen MR) is 49.6 cm³/mol. The average molecular weight is 209 g/mol. The summed E-state index contributed by atoms with van der Waals surface area (Å²) >= 11 is 0. The Labute approximate surface area is 86.7 Å². The first kappa shape index (κ1) is 11.2. The zero-order chi connectivity index (χ0) is 11.3. The molecule has 1 N–H and O–H groups in total. The number of nitrogens with zero attached hydrogens (tertiary/aromatic N) is 3. The van der Waals surface area contributed by atoms with Crippen molar-refractivity contribution in [3.05, 3.63) is 18.0 Å². The molecule has 0 fully saturated rings. The molecule has 0 aliphatic heterocycles. The first-order chi connectivity index (χ1) is 7.17. The van der Waals surface area contributed by atoms with Gasteiger partial charge in [0.2, 0.25) is 0 Å². The summed E-state index contributed by atoms with van der Waals surface area (Å²) in [5.41, 5.74) is 0.381. The van der Waals surface area contributed by atoms with Crippen molar-refractivity contribution in [3.63, 3.8) is 0 Å². The van der Waals surface area contributed by atoms with Gasteiger partial charge in [-0.05, 0) is 6.92 Å². The summed E-state index contributed by atoms with van der Waals surface area (Å²) < 4.78 is 5.93. The van der Waals surface area contributed by atoms with Crippen molar-refractivity contribution in [1.82, 2.24) is 9.78 Å². The third-order valence-corrected chi connectivity index (χ3v) is 1.68. The van der Waals surface area contributed by atoms with Crippen LogP contribution in [0.25, 0.3) is 0 Å². The van der Waals surface area contributed by atoms with Gasteiger partial charge in [-0.1, -0.05) is 0 Å². The van der Waals surface area contributed by atoms with Gasteiger partial charge < -0.3 is 9.84 Å². The van der Waals surface area contributed by atoms with Crippen LogP contribution in [0.3, 0.4) is 0 Å². The second kappa shape index (κ2) is 5.12. The Morgan fingerprint density at radius 2 is 2.60 bits per heavy atom. The second-order valence-corrected chi connectivity index (χ2v) is 2.83. The summed E-state index contributed by atoms with van der Waals surface area (Å²) in [6.07, 6.45) is 1.55. The molecule has 0 aromatic carbocycles. The highest BCUT2D eigenvalue weighted by Gasteiger charge is 2.16. The van der Waals surface area contributed by atoms with Crippen LogP contribution in [-0.4, -0.2) is 33.6 Å². The highest BCUT2D eigenvalue weighted by molar-refractivity contribution is 5.74. The van der Waals surface area contributed by atoms with E-state index >= 15 is 0 Å². The van der Waals surface area contributed by atoms with Gasteiger partial charge in [0.05, 0.1) is 24.9 Å². The van der Waals surface area contributed by atoms with Crippen LogP contribution in [0.5, 0.6) is 0 Å². The average Bonchev–Trinajstić information content (AvgIpc) is 2.66. The smallest absolute Gasteiger partial charge is 0.336 e. The molecule has 0 saturated carbocycles. The quantitative estimate of drug-likeness (QED) is 0.686. The van der Waals surface area contributed by atoms with Gasteiger partial charge in [0.15, 0.2) is 6.10 Å². The molecule has 0 bridgehead atoms. The maximum Gasteiger partial charge on any atom is 0.336 e. The van der Waals surface area contributed by atoms with Crippen LogP contribution < -0.4 is 0 Å². The number of hydrogen-bond donors (Lipinski definition) is 1. The minimum atomic E-state index is -1.25. The molecule has 0 aliphatic rings. The van der Waals surface area contributed by atoms with E-state index < -0.39 is 12.1 Å². The molecule has 0 saturated heterocycles. The first-order valence-corrected chi connectivity index (χ1v) is 4.44. The molecular weight excluding hydrogens is 198 g/mol. The van der Waals surface area contributed by atoms with Crippen LogP contribution in [0.2, 0.25) is 0 Å². The summed E-state index contributed by atoms with van der Waals surface area (Å²) in [6.45, 7) is 1.87. The number of esters is 1. The van der Waals surface area contributed by atoms with Crippen LogP contribution in [0.1, 0.15) is 12.5 Å². The molecule has 1 rings (SSSR count). The normalized spacial score (nSPS) is 11.8. The predicted octanol–water partition coefficient (Wildman–Crippen LogP) is -0.321. The van der Waals surface area contributed by atoms with E-state index in [9.17, 15) is 9.90 Å². The minimum Gasteiger partial charge on any atom is -0.464 e. The van der Waals surface area contributed by atoms with Crippen molar-refractivity contribution >= 4 is 5.97 Å². The lowest BCUT2D eigenvalue weighted by Gasteiger charge is -2.08. The topological polar surface area (TPSA) is 88.1 Å². The van der Waals surface area contributed by atoms with Crippen LogP contribution in [-0.2, 0) is 16.1 Å². The van der Waals surface area contributed by atoms with E-state index in [2.05, 4.69) is 9.84 Å². The van der Waals surface area contributed by atoms with Gasteiger partial charge >= 0.3 is 5.97 Å². The van der Waals surface area contributed by atoms with E-state index in [0.717, 1.165) is 0 Å². The van der Waals surface area contributed by atoms with E-state index in [1.165, 1.54) is 17.1 Å². The fourth-order valence-electron chi connectivity index (χ4n) is 1.01. The number of carbonyl (C=O) groups excluding carboxylic acids is 1. The summed E-state index contributed by atoms with van der Waals surface area (Å²) in [7, 11) is 0. The summed E-state index contributed by atoms with van der Waals surface area (Å²) in [5.74, 6) is -0.688. The Morgan fingerprint density at radius 3 is 3.13 bits per heavy atom. The number of carbonyl (C=O) groups is 1. The molecule has 1 atom stereocenters. The largest absolute Gasteiger partial charge is 0.464 e. The van der Waals surface area contributed by atoms with Crippen LogP contribution in [0, 0.1) is 11.3 Å². The highest BCUT2D eigenvalue weighted by Crippen LogP contribution is 1.98. The number of ether oxygens (including phenoxy) is 1. The van der Waals surface area contributed by atoms with Crippen molar-refractivity contribution in [2.75, 3.05) is 6.61 Å². The molecule has 1 heterocycles. The molecule has 0 spiro atoms. The molecule has 1 aromatic heterocycles. The Hall–Kier alpha value is -1.87. The maximum absolute atomic E-state index is 11.0. The fraction of sp³-hybridized carbons (Fsp3) is 0.444. The van der Waals surface area contributed by atoms with Gasteiger partial charge in [0.1, 0.15) is 6.07 Å². The van der Waals surface area contributed by atoms with E-state index in [4.69, 9.17) is 5.26 Å². The molecular formula is C9H11N3O3. The Morgan fingerprint density at radius 1 is 1.87 bits per heavy atom. The van der Waals surface area contributed by atoms with Gasteiger partial charge in [-0.15, -0.1) is 0 Å². The van der Waals surface area contributed by atoms with Crippen molar-refractivity contribution < 1.29 is 14.6 Å². The van der Waals surface area contributed by atoms with Crippen molar-refractivity contribution in [3.8, 4) is 6.07 Å². The number of aliphatic hydroxyl groups excluding tert-OH is 1. The van der Waals surface area contributed by atoms with Gasteiger partial charge in [-0.25, -0.2) is 4.79 Å².